The summed E-state index contributed by atoms with van der Waals surface area (Å²) in [7, 11) is 0. The highest BCUT2D eigenvalue weighted by Crippen LogP contribution is 2.41. The number of benzene rings is 1. The molecule has 10 heteroatoms. The molecule has 2 fully saturated rings. The number of hydrogen-bond donors (Lipinski definition) is 1. The second-order valence-electron chi connectivity index (χ2n) is 10.2. The molecule has 37 heavy (non-hydrogen) atoms. The Labute approximate surface area is 212 Å². The molecule has 3 aromatic heterocycles. The Morgan fingerprint density at radius 3 is 2.78 bits per heavy atom. The standard InChI is InChI=1S/C27H26N6O4/c1-15-10-20-21(13-33(15)26(34)17-4-5-17)28-14-29-25(20)36-19-6-7-22-18(11-19)8-9-32(22)27(35)30-24-12-23(37-31-24)16-2-3-16/h6-9,11-12,14-17H,2-5,10,13H2,1H3,(H,30,31,35). The highest BCUT2D eigenvalue weighted by atomic mass is 16.5. The van der Waals surface area contributed by atoms with Gasteiger partial charge in [-0.3, -0.25) is 14.7 Å². The van der Waals surface area contributed by atoms with E-state index in [0.717, 1.165) is 53.6 Å². The van der Waals surface area contributed by atoms with Gasteiger partial charge in [0.2, 0.25) is 11.8 Å². The van der Waals surface area contributed by atoms with E-state index >= 15 is 0 Å². The maximum Gasteiger partial charge on any atom is 0.331 e. The third kappa shape index (κ3) is 4.12. The number of rotatable bonds is 5. The summed E-state index contributed by atoms with van der Waals surface area (Å²) in [5.74, 6) is 3.18. The van der Waals surface area contributed by atoms with Gasteiger partial charge in [0.05, 0.1) is 17.8 Å². The zero-order valence-corrected chi connectivity index (χ0v) is 20.4. The fourth-order valence-electron chi connectivity index (χ4n) is 4.99. The number of carbonyl (C=O) groups excluding carboxylic acids is 2. The van der Waals surface area contributed by atoms with Crippen molar-refractivity contribution < 1.29 is 18.8 Å². The Morgan fingerprint density at radius 1 is 1.11 bits per heavy atom. The van der Waals surface area contributed by atoms with Crippen LogP contribution in [0.1, 0.15) is 55.5 Å². The minimum atomic E-state index is -0.316. The number of carbonyl (C=O) groups is 2. The lowest BCUT2D eigenvalue weighted by Crippen LogP contribution is -2.43. The van der Waals surface area contributed by atoms with E-state index in [0.29, 0.717) is 36.3 Å². The third-order valence-electron chi connectivity index (χ3n) is 7.39. The quantitative estimate of drug-likeness (QED) is 0.418. The molecule has 4 heterocycles. The summed E-state index contributed by atoms with van der Waals surface area (Å²) in [6, 6.07) is 8.93. The SMILES string of the molecule is CC1Cc2c(ncnc2Oc2ccc3c(ccn3C(=O)Nc3cc(C4CC4)on3)c2)CN1C(=O)C1CC1. The van der Waals surface area contributed by atoms with Crippen LogP contribution in [0.2, 0.25) is 0 Å². The van der Waals surface area contributed by atoms with Crippen LogP contribution in [-0.4, -0.2) is 42.6 Å². The molecule has 1 aliphatic heterocycles. The predicted octanol–water partition coefficient (Wildman–Crippen LogP) is 4.85. The molecule has 1 unspecified atom stereocenters. The molecule has 0 saturated heterocycles. The molecule has 0 radical (unpaired) electrons. The Bertz CT molecular complexity index is 1530. The number of nitrogens with one attached hydrogen (secondary N) is 1. The van der Waals surface area contributed by atoms with Crippen LogP contribution in [0.4, 0.5) is 10.6 Å². The number of nitrogens with zero attached hydrogens (tertiary/aromatic N) is 5. The van der Waals surface area contributed by atoms with Gasteiger partial charge in [0.25, 0.3) is 0 Å². The van der Waals surface area contributed by atoms with Crippen molar-refractivity contribution >= 4 is 28.7 Å². The van der Waals surface area contributed by atoms with Gasteiger partial charge in [-0.05, 0) is 63.3 Å². The molecule has 3 aliphatic rings. The smallest absolute Gasteiger partial charge is 0.331 e. The predicted molar refractivity (Wildman–Crippen MR) is 133 cm³/mol. The van der Waals surface area contributed by atoms with Crippen LogP contribution in [0, 0.1) is 5.92 Å². The van der Waals surface area contributed by atoms with E-state index in [1.807, 2.05) is 29.2 Å². The van der Waals surface area contributed by atoms with Gasteiger partial charge in [-0.25, -0.2) is 14.8 Å². The molecule has 2 saturated carbocycles. The monoisotopic (exact) mass is 498 g/mol. The summed E-state index contributed by atoms with van der Waals surface area (Å²) in [6.07, 6.45) is 8.02. The average Bonchev–Trinajstić information content (AvgIpc) is 3.83. The molecular formula is C27H26N6O4. The van der Waals surface area contributed by atoms with E-state index in [4.69, 9.17) is 9.26 Å². The van der Waals surface area contributed by atoms with Crippen molar-refractivity contribution in [3.8, 4) is 11.6 Å². The van der Waals surface area contributed by atoms with E-state index in [1.54, 1.807) is 12.3 Å². The van der Waals surface area contributed by atoms with Gasteiger partial charge in [0.1, 0.15) is 17.8 Å². The van der Waals surface area contributed by atoms with E-state index in [2.05, 4.69) is 27.4 Å². The molecule has 2 aliphatic carbocycles. The first-order valence-electron chi connectivity index (χ1n) is 12.7. The number of fused-ring (bicyclic) bond motifs is 2. The number of anilines is 1. The molecule has 1 N–H and O–H groups in total. The van der Waals surface area contributed by atoms with Gasteiger partial charge in [-0.1, -0.05) is 5.16 Å². The van der Waals surface area contributed by atoms with Crippen LogP contribution in [0.5, 0.6) is 11.6 Å². The van der Waals surface area contributed by atoms with Gasteiger partial charge < -0.3 is 14.2 Å². The van der Waals surface area contributed by atoms with Crippen LogP contribution >= 0.6 is 0 Å². The second kappa shape index (κ2) is 8.43. The van der Waals surface area contributed by atoms with Crippen molar-refractivity contribution in [1.29, 1.82) is 0 Å². The molecule has 0 bridgehead atoms. The summed E-state index contributed by atoms with van der Waals surface area (Å²) in [5.41, 5.74) is 2.51. The maximum absolute atomic E-state index is 12.9. The topological polar surface area (TPSA) is 115 Å². The van der Waals surface area contributed by atoms with Crippen molar-refractivity contribution in [1.82, 2.24) is 24.6 Å². The Balaban J connectivity index is 1.09. The first kappa shape index (κ1) is 22.0. The van der Waals surface area contributed by atoms with Crippen molar-refractivity contribution in [2.45, 2.75) is 57.5 Å². The Hall–Kier alpha value is -4.21. The molecule has 2 amide bonds. The van der Waals surface area contributed by atoms with Crippen molar-refractivity contribution in [3.05, 3.63) is 59.9 Å². The minimum Gasteiger partial charge on any atom is -0.439 e. The summed E-state index contributed by atoms with van der Waals surface area (Å²) in [6.45, 7) is 2.54. The zero-order chi connectivity index (χ0) is 25.1. The number of aromatic nitrogens is 4. The van der Waals surface area contributed by atoms with Gasteiger partial charge in [-0.2, -0.15) is 0 Å². The van der Waals surface area contributed by atoms with Crippen LogP contribution < -0.4 is 10.1 Å². The van der Waals surface area contributed by atoms with Crippen molar-refractivity contribution in [2.24, 2.45) is 5.92 Å². The zero-order valence-electron chi connectivity index (χ0n) is 20.4. The molecule has 1 atom stereocenters. The number of ether oxygens (including phenoxy) is 1. The van der Waals surface area contributed by atoms with Gasteiger partial charge in [0.15, 0.2) is 5.82 Å². The number of hydrogen-bond acceptors (Lipinski definition) is 7. The third-order valence-corrected chi connectivity index (χ3v) is 7.39. The number of amides is 2. The van der Waals surface area contributed by atoms with E-state index in [-0.39, 0.29) is 23.9 Å². The lowest BCUT2D eigenvalue weighted by Gasteiger charge is -2.34. The second-order valence-corrected chi connectivity index (χ2v) is 10.2. The molecule has 7 rings (SSSR count). The van der Waals surface area contributed by atoms with E-state index in [9.17, 15) is 9.59 Å². The summed E-state index contributed by atoms with van der Waals surface area (Å²) < 4.78 is 13.1. The fraction of sp³-hybridized carbons (Fsp3) is 0.370. The first-order chi connectivity index (χ1) is 18.0. The first-order valence-corrected chi connectivity index (χ1v) is 12.7. The highest BCUT2D eigenvalue weighted by Gasteiger charge is 2.38. The Morgan fingerprint density at radius 2 is 1.97 bits per heavy atom. The molecule has 10 nitrogen and oxygen atoms in total. The molecule has 0 spiro atoms. The summed E-state index contributed by atoms with van der Waals surface area (Å²) in [5, 5.41) is 7.61. The molecule has 4 aromatic rings. The summed E-state index contributed by atoms with van der Waals surface area (Å²) >= 11 is 0. The van der Waals surface area contributed by atoms with Gasteiger partial charge in [0, 0.05) is 41.1 Å². The molecule has 1 aromatic carbocycles. The highest BCUT2D eigenvalue weighted by molar-refractivity contribution is 5.98. The largest absolute Gasteiger partial charge is 0.439 e. The molecule has 188 valence electrons. The van der Waals surface area contributed by atoms with Crippen LogP contribution in [0.15, 0.2) is 47.4 Å². The minimum absolute atomic E-state index is 0.0639. The van der Waals surface area contributed by atoms with Crippen LogP contribution in [0.3, 0.4) is 0 Å². The Kier molecular flexibility index (Phi) is 5.02. The van der Waals surface area contributed by atoms with Gasteiger partial charge in [-0.15, -0.1) is 0 Å². The average molecular weight is 499 g/mol. The van der Waals surface area contributed by atoms with Crippen molar-refractivity contribution in [3.63, 3.8) is 0 Å². The normalized spacial score (nSPS) is 19.1. The maximum atomic E-state index is 12.9. The van der Waals surface area contributed by atoms with Crippen molar-refractivity contribution in [2.75, 3.05) is 5.32 Å². The lowest BCUT2D eigenvalue weighted by molar-refractivity contribution is -0.135. The summed E-state index contributed by atoms with van der Waals surface area (Å²) in [4.78, 5) is 36.3. The van der Waals surface area contributed by atoms with E-state index < -0.39 is 0 Å². The fourth-order valence-corrected chi connectivity index (χ4v) is 4.99. The van der Waals surface area contributed by atoms with Crippen LogP contribution in [0.25, 0.3) is 10.9 Å². The lowest BCUT2D eigenvalue weighted by atomic mass is 9.99. The van der Waals surface area contributed by atoms with E-state index in [1.165, 1.54) is 10.9 Å². The van der Waals surface area contributed by atoms with Gasteiger partial charge >= 0.3 is 6.03 Å². The van der Waals surface area contributed by atoms with Crippen LogP contribution in [-0.2, 0) is 17.8 Å². The molecular weight excluding hydrogens is 472 g/mol.